The number of anilines is 1. The first-order chi connectivity index (χ1) is 7.24. The minimum atomic E-state index is -1.23. The van der Waals surface area contributed by atoms with Gasteiger partial charge in [-0.1, -0.05) is 18.2 Å². The van der Waals surface area contributed by atoms with Gasteiger partial charge in [0, 0.05) is 0 Å². The van der Waals surface area contributed by atoms with Crippen molar-refractivity contribution in [3.63, 3.8) is 0 Å². The molecule has 0 aromatic heterocycles. The van der Waals surface area contributed by atoms with Gasteiger partial charge in [-0.2, -0.15) is 0 Å². The number of hydrazine groups is 1. The average Bonchev–Trinajstić information content (AvgIpc) is 3.03. The van der Waals surface area contributed by atoms with Gasteiger partial charge in [0.1, 0.15) is 0 Å². The number of hydrogen-bond donors (Lipinski definition) is 1. The second kappa shape index (κ2) is 2.58. The zero-order valence-corrected chi connectivity index (χ0v) is 7.77. The van der Waals surface area contributed by atoms with E-state index < -0.39 is 5.60 Å². The van der Waals surface area contributed by atoms with Crippen LogP contribution in [0.1, 0.15) is 0 Å². The third-order valence-corrected chi connectivity index (χ3v) is 2.58. The maximum atomic E-state index is 11.8. The van der Waals surface area contributed by atoms with Crippen LogP contribution in [0.5, 0.6) is 0 Å². The van der Waals surface area contributed by atoms with E-state index in [1.54, 1.807) is 24.3 Å². The molecule has 2 fully saturated rings. The topological polar surface area (TPSA) is 61.9 Å². The number of carbonyl (C=O) groups excluding carboxylic acids is 2. The molecule has 2 saturated heterocycles. The SMILES string of the molecule is O=C1NN(c2ccccc2)C(=O)C12CO2. The highest BCUT2D eigenvalue weighted by molar-refractivity contribution is 6.22. The smallest absolute Gasteiger partial charge is 0.290 e. The van der Waals surface area contributed by atoms with E-state index in [4.69, 9.17) is 4.74 Å². The van der Waals surface area contributed by atoms with Crippen LogP contribution in [0.4, 0.5) is 5.69 Å². The normalized spacial score (nSPS) is 28.4. The highest BCUT2D eigenvalue weighted by Crippen LogP contribution is 2.35. The van der Waals surface area contributed by atoms with E-state index in [2.05, 4.69) is 5.43 Å². The third-order valence-electron chi connectivity index (χ3n) is 2.58. The molecule has 3 rings (SSSR count). The van der Waals surface area contributed by atoms with Gasteiger partial charge >= 0.3 is 0 Å². The van der Waals surface area contributed by atoms with Crippen molar-refractivity contribution in [2.24, 2.45) is 0 Å². The minimum absolute atomic E-state index is 0.182. The fraction of sp³-hybridized carbons (Fsp3) is 0.200. The van der Waals surface area contributed by atoms with Gasteiger partial charge in [0.2, 0.25) is 0 Å². The summed E-state index contributed by atoms with van der Waals surface area (Å²) in [5, 5.41) is 1.23. The summed E-state index contributed by atoms with van der Waals surface area (Å²) in [4.78, 5) is 23.3. The van der Waals surface area contributed by atoms with E-state index in [9.17, 15) is 9.59 Å². The van der Waals surface area contributed by atoms with Gasteiger partial charge in [0.05, 0.1) is 12.3 Å². The van der Waals surface area contributed by atoms with Crippen LogP contribution in [0, 0.1) is 0 Å². The summed E-state index contributed by atoms with van der Waals surface area (Å²) >= 11 is 0. The van der Waals surface area contributed by atoms with Crippen LogP contribution in [-0.2, 0) is 14.3 Å². The molecule has 0 saturated carbocycles. The van der Waals surface area contributed by atoms with Crippen molar-refractivity contribution < 1.29 is 14.3 Å². The molecule has 76 valence electrons. The van der Waals surface area contributed by atoms with Crippen molar-refractivity contribution in [1.29, 1.82) is 0 Å². The molecule has 2 amide bonds. The van der Waals surface area contributed by atoms with Crippen LogP contribution in [0.2, 0.25) is 0 Å². The van der Waals surface area contributed by atoms with Gasteiger partial charge in [-0.25, -0.2) is 5.01 Å². The Bertz CT molecular complexity index is 439. The highest BCUT2D eigenvalue weighted by atomic mass is 16.6. The predicted molar refractivity (Wildman–Crippen MR) is 50.8 cm³/mol. The maximum Gasteiger partial charge on any atom is 0.290 e. The number of benzene rings is 1. The van der Waals surface area contributed by atoms with Crippen LogP contribution in [0.15, 0.2) is 30.3 Å². The van der Waals surface area contributed by atoms with Crippen molar-refractivity contribution in [2.45, 2.75) is 5.60 Å². The van der Waals surface area contributed by atoms with Gasteiger partial charge in [0.15, 0.2) is 0 Å². The Morgan fingerprint density at radius 3 is 2.47 bits per heavy atom. The summed E-state index contributed by atoms with van der Waals surface area (Å²) in [5.74, 6) is -0.713. The number of carbonyl (C=O) groups is 2. The summed E-state index contributed by atoms with van der Waals surface area (Å²) in [6.07, 6.45) is 0. The molecule has 1 atom stereocenters. The minimum Gasteiger partial charge on any atom is -0.350 e. The van der Waals surface area contributed by atoms with Gasteiger partial charge in [0.25, 0.3) is 17.4 Å². The second-order valence-electron chi connectivity index (χ2n) is 3.53. The third kappa shape index (κ3) is 1.01. The molecule has 1 aromatic rings. The predicted octanol–water partition coefficient (Wildman–Crippen LogP) is -0.167. The van der Waals surface area contributed by atoms with Crippen molar-refractivity contribution in [1.82, 2.24) is 5.43 Å². The Morgan fingerprint density at radius 1 is 1.27 bits per heavy atom. The molecule has 15 heavy (non-hydrogen) atoms. The summed E-state index contributed by atoms with van der Waals surface area (Å²) in [7, 11) is 0. The zero-order valence-electron chi connectivity index (χ0n) is 7.77. The van der Waals surface area contributed by atoms with Gasteiger partial charge in [-0.15, -0.1) is 0 Å². The molecule has 2 aliphatic rings. The molecular formula is C10H8N2O3. The molecule has 1 unspecified atom stereocenters. The highest BCUT2D eigenvalue weighted by Gasteiger charge is 2.66. The first kappa shape index (κ1) is 8.43. The first-order valence-electron chi connectivity index (χ1n) is 4.59. The summed E-state index contributed by atoms with van der Waals surface area (Å²) < 4.78 is 4.93. The van der Waals surface area contributed by atoms with E-state index in [0.717, 1.165) is 0 Å². The van der Waals surface area contributed by atoms with Gasteiger partial charge in [-0.3, -0.25) is 15.0 Å². The molecule has 5 heteroatoms. The van der Waals surface area contributed by atoms with Crippen molar-refractivity contribution in [3.8, 4) is 0 Å². The van der Waals surface area contributed by atoms with Crippen LogP contribution in [0.25, 0.3) is 0 Å². The van der Waals surface area contributed by atoms with E-state index in [1.165, 1.54) is 5.01 Å². The molecule has 2 aliphatic heterocycles. The molecule has 0 radical (unpaired) electrons. The fourth-order valence-corrected chi connectivity index (χ4v) is 1.61. The van der Waals surface area contributed by atoms with Crippen molar-refractivity contribution in [3.05, 3.63) is 30.3 Å². The largest absolute Gasteiger partial charge is 0.350 e. The number of para-hydroxylation sites is 1. The monoisotopic (exact) mass is 204 g/mol. The standard InChI is InChI=1S/C10H8N2O3/c13-8-10(6-15-10)9(14)12(11-8)7-4-2-1-3-5-7/h1-5H,6H2,(H,11,13). The number of amides is 2. The van der Waals surface area contributed by atoms with E-state index in [-0.39, 0.29) is 18.4 Å². The molecule has 1 aromatic carbocycles. The van der Waals surface area contributed by atoms with Crippen LogP contribution < -0.4 is 10.4 Å². The molecule has 2 heterocycles. The molecule has 0 bridgehead atoms. The van der Waals surface area contributed by atoms with Crippen LogP contribution >= 0.6 is 0 Å². The number of hydrogen-bond acceptors (Lipinski definition) is 3. The van der Waals surface area contributed by atoms with Gasteiger partial charge in [-0.05, 0) is 12.1 Å². The Labute approximate surface area is 85.6 Å². The summed E-state index contributed by atoms with van der Waals surface area (Å²) in [6.45, 7) is 0.182. The van der Waals surface area contributed by atoms with E-state index >= 15 is 0 Å². The molecule has 1 N–H and O–H groups in total. The lowest BCUT2D eigenvalue weighted by Gasteiger charge is -2.14. The average molecular weight is 204 g/mol. The van der Waals surface area contributed by atoms with Crippen LogP contribution in [-0.4, -0.2) is 24.0 Å². The molecule has 5 nitrogen and oxygen atoms in total. The number of nitrogens with one attached hydrogen (secondary N) is 1. The van der Waals surface area contributed by atoms with Gasteiger partial charge < -0.3 is 4.74 Å². The van der Waals surface area contributed by atoms with Crippen LogP contribution in [0.3, 0.4) is 0 Å². The van der Waals surface area contributed by atoms with Crippen molar-refractivity contribution in [2.75, 3.05) is 11.6 Å². The molecule has 0 aliphatic carbocycles. The Balaban J connectivity index is 1.97. The van der Waals surface area contributed by atoms with Crippen molar-refractivity contribution >= 4 is 17.5 Å². The molecular weight excluding hydrogens is 196 g/mol. The summed E-state index contributed by atoms with van der Waals surface area (Å²) in [5.41, 5.74) is 1.91. The van der Waals surface area contributed by atoms with E-state index in [0.29, 0.717) is 5.69 Å². The summed E-state index contributed by atoms with van der Waals surface area (Å²) in [6, 6.07) is 8.94. The quantitative estimate of drug-likeness (QED) is 0.510. The lowest BCUT2D eigenvalue weighted by Crippen LogP contribution is -2.36. The Hall–Kier alpha value is -1.88. The Morgan fingerprint density at radius 2 is 1.93 bits per heavy atom. The number of rotatable bonds is 1. The van der Waals surface area contributed by atoms with E-state index in [1.807, 2.05) is 6.07 Å². The second-order valence-corrected chi connectivity index (χ2v) is 3.53. The number of nitrogens with zero attached hydrogens (tertiary/aromatic N) is 1. The first-order valence-corrected chi connectivity index (χ1v) is 4.59. The zero-order chi connectivity index (χ0) is 10.5. The maximum absolute atomic E-state index is 11.8. The lowest BCUT2D eigenvalue weighted by atomic mass is 10.1. The lowest BCUT2D eigenvalue weighted by molar-refractivity contribution is -0.129. The Kier molecular flexibility index (Phi) is 1.45. The molecule has 1 spiro atoms. The fourth-order valence-electron chi connectivity index (χ4n) is 1.61. The number of epoxide rings is 1. The number of ether oxygens (including phenoxy) is 1.